The van der Waals surface area contributed by atoms with Gasteiger partial charge in [0.2, 0.25) is 0 Å². The standard InChI is InChI=1S/C10H14BrNO3S/c1-8(2)7-15-12-16(13,14)10-6-4-3-5-9(10)11/h3-6,8,12H,7H2,1-2H3. The van der Waals surface area contributed by atoms with Gasteiger partial charge in [-0.3, -0.25) is 4.84 Å². The zero-order valence-electron chi connectivity index (χ0n) is 9.10. The Labute approximate surface area is 104 Å². The summed E-state index contributed by atoms with van der Waals surface area (Å²) in [7, 11) is -3.61. The second-order valence-electron chi connectivity index (χ2n) is 3.72. The van der Waals surface area contributed by atoms with Crippen molar-refractivity contribution in [2.45, 2.75) is 18.7 Å². The smallest absolute Gasteiger partial charge is 0.263 e. The molecule has 0 spiro atoms. The molecular weight excluding hydrogens is 294 g/mol. The van der Waals surface area contributed by atoms with Crippen LogP contribution >= 0.6 is 15.9 Å². The van der Waals surface area contributed by atoms with Crippen molar-refractivity contribution in [1.82, 2.24) is 4.89 Å². The Bertz CT molecular complexity index is 445. The number of hydrogen-bond acceptors (Lipinski definition) is 3. The van der Waals surface area contributed by atoms with E-state index in [1.807, 2.05) is 13.8 Å². The largest absolute Gasteiger partial charge is 0.287 e. The molecule has 0 atom stereocenters. The van der Waals surface area contributed by atoms with Crippen molar-refractivity contribution in [3.05, 3.63) is 28.7 Å². The van der Waals surface area contributed by atoms with Crippen molar-refractivity contribution >= 4 is 26.0 Å². The lowest BCUT2D eigenvalue weighted by Crippen LogP contribution is -2.26. The molecule has 0 heterocycles. The molecule has 0 saturated heterocycles. The Morgan fingerprint density at radius 3 is 2.56 bits per heavy atom. The van der Waals surface area contributed by atoms with Crippen LogP contribution in [0.3, 0.4) is 0 Å². The number of benzene rings is 1. The first-order valence-corrected chi connectivity index (χ1v) is 7.09. The van der Waals surface area contributed by atoms with Crippen LogP contribution in [-0.4, -0.2) is 15.0 Å². The maximum Gasteiger partial charge on any atom is 0.263 e. The fourth-order valence-corrected chi connectivity index (χ4v) is 2.81. The maximum absolute atomic E-state index is 11.8. The number of halogens is 1. The number of rotatable bonds is 5. The fraction of sp³-hybridized carbons (Fsp3) is 0.400. The third-order valence-electron chi connectivity index (χ3n) is 1.71. The highest BCUT2D eigenvalue weighted by Gasteiger charge is 2.17. The van der Waals surface area contributed by atoms with E-state index in [0.29, 0.717) is 11.1 Å². The summed E-state index contributed by atoms with van der Waals surface area (Å²) in [4.78, 5) is 7.17. The Balaban J connectivity index is 2.75. The lowest BCUT2D eigenvalue weighted by molar-refractivity contribution is 0.0718. The SMILES string of the molecule is CC(C)CONS(=O)(=O)c1ccccc1Br. The van der Waals surface area contributed by atoms with Crippen LogP contribution in [0.2, 0.25) is 0 Å². The quantitative estimate of drug-likeness (QED) is 0.849. The Kier molecular flexibility index (Phi) is 4.91. The van der Waals surface area contributed by atoms with Gasteiger partial charge in [0.25, 0.3) is 10.0 Å². The van der Waals surface area contributed by atoms with E-state index < -0.39 is 10.0 Å². The summed E-state index contributed by atoms with van der Waals surface area (Å²) in [5.41, 5.74) is 0. The number of sulfonamides is 1. The summed E-state index contributed by atoms with van der Waals surface area (Å²) in [6.45, 7) is 4.21. The Hall–Kier alpha value is -0.430. The third kappa shape index (κ3) is 3.86. The molecule has 0 aromatic heterocycles. The van der Waals surface area contributed by atoms with Crippen LogP contribution in [0.15, 0.2) is 33.6 Å². The van der Waals surface area contributed by atoms with Gasteiger partial charge < -0.3 is 0 Å². The summed E-state index contributed by atoms with van der Waals surface area (Å²) in [5, 5.41) is 0. The molecule has 0 aliphatic rings. The molecule has 0 aliphatic carbocycles. The summed E-state index contributed by atoms with van der Waals surface area (Å²) in [5.74, 6) is 0.266. The van der Waals surface area contributed by atoms with Crippen molar-refractivity contribution in [2.24, 2.45) is 5.92 Å². The van der Waals surface area contributed by atoms with Crippen molar-refractivity contribution in [1.29, 1.82) is 0 Å². The molecule has 0 aliphatic heterocycles. The molecule has 1 aromatic carbocycles. The molecule has 1 rings (SSSR count). The summed E-state index contributed by atoms with van der Waals surface area (Å²) in [6.07, 6.45) is 0. The molecule has 4 nitrogen and oxygen atoms in total. The van der Waals surface area contributed by atoms with E-state index in [2.05, 4.69) is 20.8 Å². The minimum Gasteiger partial charge on any atom is -0.287 e. The lowest BCUT2D eigenvalue weighted by Gasteiger charge is -2.09. The van der Waals surface area contributed by atoms with Crippen molar-refractivity contribution < 1.29 is 13.3 Å². The summed E-state index contributed by atoms with van der Waals surface area (Å²) in [6, 6.07) is 6.57. The van der Waals surface area contributed by atoms with Crippen LogP contribution in [0.1, 0.15) is 13.8 Å². The molecule has 0 saturated carbocycles. The zero-order valence-corrected chi connectivity index (χ0v) is 11.5. The van der Waals surface area contributed by atoms with Crippen LogP contribution in [0.25, 0.3) is 0 Å². The predicted octanol–water partition coefficient (Wildman–Crippen LogP) is 2.32. The van der Waals surface area contributed by atoms with Crippen molar-refractivity contribution in [2.75, 3.05) is 6.61 Å². The molecule has 0 bridgehead atoms. The van der Waals surface area contributed by atoms with E-state index in [1.165, 1.54) is 6.07 Å². The van der Waals surface area contributed by atoms with Gasteiger partial charge in [0.15, 0.2) is 0 Å². The molecule has 6 heteroatoms. The average molecular weight is 308 g/mol. The van der Waals surface area contributed by atoms with Crippen LogP contribution in [0.5, 0.6) is 0 Å². The van der Waals surface area contributed by atoms with Crippen LogP contribution in [0, 0.1) is 5.92 Å². The highest BCUT2D eigenvalue weighted by molar-refractivity contribution is 9.10. The normalized spacial score (nSPS) is 12.0. The first-order chi connectivity index (χ1) is 7.43. The highest BCUT2D eigenvalue weighted by Crippen LogP contribution is 2.20. The first-order valence-electron chi connectivity index (χ1n) is 4.81. The minimum absolute atomic E-state index is 0.166. The van der Waals surface area contributed by atoms with Crippen LogP contribution in [-0.2, 0) is 14.9 Å². The fourth-order valence-electron chi connectivity index (χ4n) is 0.986. The van der Waals surface area contributed by atoms with E-state index in [-0.39, 0.29) is 10.8 Å². The van der Waals surface area contributed by atoms with E-state index in [0.717, 1.165) is 0 Å². The van der Waals surface area contributed by atoms with Gasteiger partial charge >= 0.3 is 0 Å². The summed E-state index contributed by atoms with van der Waals surface area (Å²) >= 11 is 3.18. The van der Waals surface area contributed by atoms with Gasteiger partial charge in [0, 0.05) is 4.47 Å². The molecule has 0 fully saturated rings. The third-order valence-corrected chi connectivity index (χ3v) is 3.94. The maximum atomic E-state index is 11.8. The molecule has 0 unspecified atom stereocenters. The molecule has 0 amide bonds. The van der Waals surface area contributed by atoms with Gasteiger partial charge in [0.05, 0.1) is 11.5 Å². The molecular formula is C10H14BrNO3S. The predicted molar refractivity (Wildman–Crippen MR) is 65.3 cm³/mol. The first kappa shape index (κ1) is 13.6. The number of hydrogen-bond donors (Lipinski definition) is 1. The second-order valence-corrected chi connectivity index (χ2v) is 6.19. The lowest BCUT2D eigenvalue weighted by atomic mass is 10.2. The van der Waals surface area contributed by atoms with E-state index in [1.54, 1.807) is 18.2 Å². The monoisotopic (exact) mass is 307 g/mol. The molecule has 0 radical (unpaired) electrons. The summed E-state index contributed by atoms with van der Waals surface area (Å²) < 4.78 is 24.0. The molecule has 16 heavy (non-hydrogen) atoms. The van der Waals surface area contributed by atoms with Gasteiger partial charge in [-0.15, -0.1) is 0 Å². The van der Waals surface area contributed by atoms with Gasteiger partial charge in [0.1, 0.15) is 0 Å². The van der Waals surface area contributed by atoms with Gasteiger partial charge in [-0.1, -0.05) is 30.9 Å². The molecule has 1 aromatic rings. The minimum atomic E-state index is -3.61. The highest BCUT2D eigenvalue weighted by atomic mass is 79.9. The van der Waals surface area contributed by atoms with Crippen molar-refractivity contribution in [3.8, 4) is 0 Å². The Morgan fingerprint density at radius 2 is 2.00 bits per heavy atom. The topological polar surface area (TPSA) is 55.4 Å². The molecule has 90 valence electrons. The Morgan fingerprint density at radius 1 is 1.38 bits per heavy atom. The molecule has 1 N–H and O–H groups in total. The van der Waals surface area contributed by atoms with E-state index >= 15 is 0 Å². The van der Waals surface area contributed by atoms with Crippen LogP contribution in [0.4, 0.5) is 0 Å². The van der Waals surface area contributed by atoms with Crippen LogP contribution < -0.4 is 4.89 Å². The second kappa shape index (κ2) is 5.77. The van der Waals surface area contributed by atoms with E-state index in [4.69, 9.17) is 4.84 Å². The van der Waals surface area contributed by atoms with Crippen molar-refractivity contribution in [3.63, 3.8) is 0 Å². The number of nitrogens with one attached hydrogen (secondary N) is 1. The van der Waals surface area contributed by atoms with Gasteiger partial charge in [-0.2, -0.15) is 0 Å². The average Bonchev–Trinajstić information content (AvgIpc) is 2.17. The van der Waals surface area contributed by atoms with Gasteiger partial charge in [-0.05, 0) is 34.0 Å². The van der Waals surface area contributed by atoms with Gasteiger partial charge in [-0.25, -0.2) is 8.42 Å². The zero-order chi connectivity index (χ0) is 12.2. The van der Waals surface area contributed by atoms with E-state index in [9.17, 15) is 8.42 Å².